The standard InChI is InChI=1S/C5H7.BF3.K/c1-4-5(2)3;2-1(3)4;/h1,4H,2H2,3H3;;/q-1;;+1. The molecule has 0 rings (SSSR count). The van der Waals surface area contributed by atoms with Gasteiger partial charge in [0.25, 0.3) is 0 Å². The van der Waals surface area contributed by atoms with Crippen molar-refractivity contribution in [3.05, 3.63) is 24.8 Å². The third-order valence-electron chi connectivity index (χ3n) is 0.285. The van der Waals surface area contributed by atoms with E-state index in [9.17, 15) is 12.9 Å². The predicted molar refractivity (Wildman–Crippen MR) is 32.8 cm³/mol. The molecule has 0 aliphatic carbocycles. The Kier molecular flexibility index (Phi) is 21.7. The van der Waals surface area contributed by atoms with Crippen molar-refractivity contribution in [1.82, 2.24) is 0 Å². The number of hydrogen-bond acceptors (Lipinski definition) is 0. The molecule has 0 saturated carbocycles. The molecule has 0 saturated heterocycles. The van der Waals surface area contributed by atoms with Gasteiger partial charge in [0.15, 0.2) is 0 Å². The normalized spacial score (nSPS) is 6.00. The number of rotatable bonds is 1. The van der Waals surface area contributed by atoms with E-state index in [4.69, 9.17) is 6.58 Å². The van der Waals surface area contributed by atoms with Crippen molar-refractivity contribution < 1.29 is 64.3 Å². The summed E-state index contributed by atoms with van der Waals surface area (Å²) in [5, 5.41) is 0. The van der Waals surface area contributed by atoms with E-state index in [1.807, 2.05) is 6.92 Å². The van der Waals surface area contributed by atoms with E-state index in [0.717, 1.165) is 5.57 Å². The van der Waals surface area contributed by atoms with Crippen LogP contribution >= 0.6 is 0 Å². The van der Waals surface area contributed by atoms with Gasteiger partial charge in [0.05, 0.1) is 0 Å². The minimum absolute atomic E-state index is 0. The minimum atomic E-state index is -3.67. The third kappa shape index (κ3) is 64.6. The molecular formula is C5H7BF3K. The fourth-order valence-electron chi connectivity index (χ4n) is 0. The second kappa shape index (κ2) is 12.6. The Bertz CT molecular complexity index is 92.1. The van der Waals surface area contributed by atoms with Crippen molar-refractivity contribution in [2.45, 2.75) is 6.92 Å². The van der Waals surface area contributed by atoms with Crippen molar-refractivity contribution in [2.24, 2.45) is 0 Å². The average Bonchev–Trinajstić information content (AvgIpc) is 1.65. The minimum Gasteiger partial charge on any atom is -0.293 e. The van der Waals surface area contributed by atoms with E-state index >= 15 is 0 Å². The molecule has 0 radical (unpaired) electrons. The van der Waals surface area contributed by atoms with Crippen LogP contribution in [-0.2, 0) is 0 Å². The second-order valence-electron chi connectivity index (χ2n) is 1.26. The smallest absolute Gasteiger partial charge is 0.293 e. The molecule has 0 aliphatic heterocycles. The Balaban J connectivity index is -0.0000000910. The fourth-order valence-corrected chi connectivity index (χ4v) is 0. The molecule has 0 N–H and O–H groups in total. The van der Waals surface area contributed by atoms with Gasteiger partial charge in [0, 0.05) is 0 Å². The van der Waals surface area contributed by atoms with Crippen LogP contribution in [0.5, 0.6) is 0 Å². The van der Waals surface area contributed by atoms with E-state index in [2.05, 4.69) is 6.58 Å². The Hall–Kier alpha value is 0.971. The third-order valence-corrected chi connectivity index (χ3v) is 0.285. The molecule has 0 aliphatic rings. The number of halogens is 3. The first-order valence-corrected chi connectivity index (χ1v) is 2.13. The summed E-state index contributed by atoms with van der Waals surface area (Å²) in [5.74, 6) is 0. The molecule has 0 fully saturated rings. The van der Waals surface area contributed by atoms with Gasteiger partial charge < -0.3 is 0 Å². The summed E-state index contributed by atoms with van der Waals surface area (Å²) in [4.78, 5) is 0. The molecule has 0 atom stereocenters. The summed E-state index contributed by atoms with van der Waals surface area (Å²) >= 11 is 0. The summed E-state index contributed by atoms with van der Waals surface area (Å²) in [6.45, 7) is 10.3. The van der Waals surface area contributed by atoms with Crippen molar-refractivity contribution in [3.8, 4) is 0 Å². The topological polar surface area (TPSA) is 0 Å². The Morgan fingerprint density at radius 2 is 1.60 bits per heavy atom. The van der Waals surface area contributed by atoms with Gasteiger partial charge in [-0.05, 0) is 0 Å². The van der Waals surface area contributed by atoms with E-state index < -0.39 is 7.54 Å². The Labute approximate surface area is 102 Å². The van der Waals surface area contributed by atoms with Crippen LogP contribution in [-0.4, -0.2) is 7.54 Å². The van der Waals surface area contributed by atoms with E-state index in [1.165, 1.54) is 6.08 Å². The van der Waals surface area contributed by atoms with Crippen molar-refractivity contribution >= 4 is 7.54 Å². The zero-order chi connectivity index (χ0) is 7.86. The predicted octanol–water partition coefficient (Wildman–Crippen LogP) is -0.565. The molecule has 0 spiro atoms. The van der Waals surface area contributed by atoms with Crippen LogP contribution in [0.15, 0.2) is 18.2 Å². The van der Waals surface area contributed by atoms with Crippen LogP contribution in [0.4, 0.5) is 12.9 Å². The van der Waals surface area contributed by atoms with Crippen LogP contribution in [0, 0.1) is 6.58 Å². The summed E-state index contributed by atoms with van der Waals surface area (Å²) < 4.78 is 29.0. The molecule has 0 aromatic heterocycles. The molecule has 5 heteroatoms. The number of hydrogen-bond donors (Lipinski definition) is 0. The van der Waals surface area contributed by atoms with Gasteiger partial charge in [-0.15, -0.1) is 6.92 Å². The molecule has 10 heavy (non-hydrogen) atoms. The van der Waals surface area contributed by atoms with E-state index in [0.29, 0.717) is 0 Å². The van der Waals surface area contributed by atoms with Crippen LogP contribution in [0.2, 0.25) is 0 Å². The van der Waals surface area contributed by atoms with Crippen LogP contribution in [0.1, 0.15) is 6.92 Å². The van der Waals surface area contributed by atoms with E-state index in [-0.39, 0.29) is 51.4 Å². The summed E-state index contributed by atoms with van der Waals surface area (Å²) in [5.41, 5.74) is 0.907. The molecular weight excluding hydrogens is 167 g/mol. The Morgan fingerprint density at radius 1 is 1.50 bits per heavy atom. The summed E-state index contributed by atoms with van der Waals surface area (Å²) in [6, 6.07) is 0. The van der Waals surface area contributed by atoms with Crippen LogP contribution in [0.25, 0.3) is 0 Å². The molecule has 52 valence electrons. The summed E-state index contributed by atoms with van der Waals surface area (Å²) in [7, 11) is -3.67. The van der Waals surface area contributed by atoms with Gasteiger partial charge in [-0.3, -0.25) is 19.5 Å². The Morgan fingerprint density at radius 3 is 1.60 bits per heavy atom. The SMILES string of the molecule is FB(F)F.[CH-]=CC(=C)C.[K+]. The molecule has 0 amide bonds. The zero-order valence-corrected chi connectivity index (χ0v) is 9.20. The quantitative estimate of drug-likeness (QED) is 0.284. The average molecular weight is 174 g/mol. The van der Waals surface area contributed by atoms with E-state index in [1.54, 1.807) is 0 Å². The van der Waals surface area contributed by atoms with Crippen molar-refractivity contribution in [2.75, 3.05) is 0 Å². The van der Waals surface area contributed by atoms with Gasteiger partial charge >= 0.3 is 58.9 Å². The largest absolute Gasteiger partial charge is 1.00 e. The first kappa shape index (κ1) is 17.2. The molecule has 0 aromatic carbocycles. The molecule has 0 heterocycles. The van der Waals surface area contributed by atoms with Crippen LogP contribution < -0.4 is 51.4 Å². The maximum absolute atomic E-state index is 9.67. The molecule has 0 aromatic rings. The zero-order valence-electron chi connectivity index (χ0n) is 6.07. The number of allylic oxidation sites excluding steroid dienone is 2. The first-order valence-electron chi connectivity index (χ1n) is 2.13. The van der Waals surface area contributed by atoms with Gasteiger partial charge in [0.2, 0.25) is 0 Å². The van der Waals surface area contributed by atoms with Gasteiger partial charge in [0.1, 0.15) is 0 Å². The van der Waals surface area contributed by atoms with Gasteiger partial charge in [-0.2, -0.15) is 6.58 Å². The van der Waals surface area contributed by atoms with Gasteiger partial charge in [-0.1, -0.05) is 0 Å². The fraction of sp³-hybridized carbons (Fsp3) is 0.200. The van der Waals surface area contributed by atoms with Gasteiger partial charge in [-0.25, -0.2) is 11.6 Å². The van der Waals surface area contributed by atoms with Crippen molar-refractivity contribution in [3.63, 3.8) is 0 Å². The first-order chi connectivity index (χ1) is 4.00. The molecule has 0 bridgehead atoms. The molecule has 0 nitrogen and oxygen atoms in total. The maximum Gasteiger partial charge on any atom is 1.00 e. The van der Waals surface area contributed by atoms with Crippen molar-refractivity contribution in [1.29, 1.82) is 0 Å². The monoisotopic (exact) mass is 174 g/mol. The van der Waals surface area contributed by atoms with Crippen LogP contribution in [0.3, 0.4) is 0 Å². The second-order valence-corrected chi connectivity index (χ2v) is 1.26. The maximum atomic E-state index is 9.67. The summed E-state index contributed by atoms with van der Waals surface area (Å²) in [6.07, 6.45) is 1.47. The molecule has 0 unspecified atom stereocenters.